The van der Waals surface area contributed by atoms with Gasteiger partial charge < -0.3 is 4.90 Å². The van der Waals surface area contributed by atoms with E-state index in [1.165, 1.54) is 29.0 Å². The Morgan fingerprint density at radius 2 is 1.73 bits per heavy atom. The second kappa shape index (κ2) is 9.46. The predicted molar refractivity (Wildman–Crippen MR) is 125 cm³/mol. The van der Waals surface area contributed by atoms with Gasteiger partial charge in [-0.25, -0.2) is 13.4 Å². The molecular formula is C24H25F3N2O2S2. The lowest BCUT2D eigenvalue weighted by Gasteiger charge is -2.31. The molecule has 0 atom stereocenters. The molecule has 0 radical (unpaired) electrons. The average Bonchev–Trinajstić information content (AvgIpc) is 3.30. The van der Waals surface area contributed by atoms with E-state index in [4.69, 9.17) is 4.98 Å². The Hall–Kier alpha value is -2.39. The summed E-state index contributed by atoms with van der Waals surface area (Å²) in [5, 5.41) is 1.93. The van der Waals surface area contributed by atoms with Gasteiger partial charge in [0, 0.05) is 24.0 Å². The van der Waals surface area contributed by atoms with Gasteiger partial charge in [-0.2, -0.15) is 13.2 Å². The highest BCUT2D eigenvalue weighted by molar-refractivity contribution is 7.92. The van der Waals surface area contributed by atoms with Crippen molar-refractivity contribution in [3.8, 4) is 11.3 Å². The van der Waals surface area contributed by atoms with E-state index in [1.807, 2.05) is 10.3 Å². The Bertz CT molecular complexity index is 1200. The van der Waals surface area contributed by atoms with Crippen LogP contribution in [0, 0.1) is 0 Å². The van der Waals surface area contributed by atoms with E-state index in [9.17, 15) is 21.6 Å². The van der Waals surface area contributed by atoms with Gasteiger partial charge in [-0.05, 0) is 37.0 Å². The predicted octanol–water partition coefficient (Wildman–Crippen LogP) is 6.22. The number of sulfone groups is 1. The number of alkyl halides is 3. The fourth-order valence-corrected chi connectivity index (χ4v) is 7.00. The molecule has 1 saturated heterocycles. The molecule has 0 spiro atoms. The number of nitrogens with zero attached hydrogens (tertiary/aromatic N) is 2. The molecule has 9 heteroatoms. The molecule has 176 valence electrons. The topological polar surface area (TPSA) is 50.3 Å². The molecule has 1 fully saturated rings. The molecule has 1 aromatic heterocycles. The van der Waals surface area contributed by atoms with Crippen LogP contribution in [0.4, 0.5) is 18.3 Å². The van der Waals surface area contributed by atoms with Gasteiger partial charge in [0.25, 0.3) is 0 Å². The van der Waals surface area contributed by atoms with E-state index in [2.05, 4.69) is 31.2 Å². The third-order valence-electron chi connectivity index (χ3n) is 5.93. The minimum absolute atomic E-state index is 0.259. The van der Waals surface area contributed by atoms with Crippen LogP contribution in [0.2, 0.25) is 0 Å². The maximum atomic E-state index is 13.4. The van der Waals surface area contributed by atoms with Gasteiger partial charge in [0.05, 0.1) is 21.4 Å². The van der Waals surface area contributed by atoms with E-state index in [-0.39, 0.29) is 12.8 Å². The molecule has 0 amide bonds. The average molecular weight is 495 g/mol. The minimum Gasteiger partial charge on any atom is -0.348 e. The van der Waals surface area contributed by atoms with Crippen molar-refractivity contribution in [2.75, 3.05) is 18.0 Å². The molecule has 0 saturated carbocycles. The first kappa shape index (κ1) is 23.8. The van der Waals surface area contributed by atoms with Crippen molar-refractivity contribution in [1.29, 1.82) is 0 Å². The summed E-state index contributed by atoms with van der Waals surface area (Å²) in [7, 11) is -4.09. The number of thiazole rings is 1. The number of hydrogen-bond donors (Lipinski definition) is 0. The summed E-state index contributed by atoms with van der Waals surface area (Å²) in [6.07, 6.45) is -2.07. The number of aromatic nitrogens is 1. The van der Waals surface area contributed by atoms with Crippen LogP contribution < -0.4 is 4.90 Å². The van der Waals surface area contributed by atoms with Gasteiger partial charge in [0.1, 0.15) is 0 Å². The van der Waals surface area contributed by atoms with Crippen LogP contribution in [0.3, 0.4) is 0 Å². The van der Waals surface area contributed by atoms with Crippen LogP contribution in [0.1, 0.15) is 37.3 Å². The molecule has 4 nitrogen and oxygen atoms in total. The van der Waals surface area contributed by atoms with Gasteiger partial charge in [-0.3, -0.25) is 0 Å². The highest BCUT2D eigenvalue weighted by Gasteiger charge is 2.40. The highest BCUT2D eigenvalue weighted by Crippen LogP contribution is 2.37. The van der Waals surface area contributed by atoms with Crippen molar-refractivity contribution < 1.29 is 21.6 Å². The van der Waals surface area contributed by atoms with Crippen molar-refractivity contribution >= 4 is 26.3 Å². The first-order valence-electron chi connectivity index (χ1n) is 10.9. The summed E-state index contributed by atoms with van der Waals surface area (Å²) in [6, 6.07) is 12.8. The van der Waals surface area contributed by atoms with E-state index < -0.39 is 31.7 Å². The Labute approximate surface area is 196 Å². The van der Waals surface area contributed by atoms with Crippen LogP contribution >= 0.6 is 11.3 Å². The summed E-state index contributed by atoms with van der Waals surface area (Å²) in [5.41, 5.74) is 2.08. The number of anilines is 1. The first-order valence-corrected chi connectivity index (χ1v) is 13.3. The summed E-state index contributed by atoms with van der Waals surface area (Å²) < 4.78 is 66.1. The van der Waals surface area contributed by atoms with Gasteiger partial charge >= 0.3 is 6.18 Å². The van der Waals surface area contributed by atoms with Crippen LogP contribution in [0.15, 0.2) is 58.8 Å². The molecule has 2 aromatic carbocycles. The standard InChI is InChI=1S/C24H25F3N2O2S2/c1-2-5-17-8-10-18(11-9-17)21-16-32-23(28-21)29-14-12-19(13-15-29)33(30,31)22-7-4-3-6-20(22)24(25,26)27/h3-4,6-11,16,19H,2,5,12-15H2,1H3. The Kier molecular flexibility index (Phi) is 6.81. The fourth-order valence-electron chi connectivity index (χ4n) is 4.16. The largest absolute Gasteiger partial charge is 0.417 e. The molecule has 3 aromatic rings. The van der Waals surface area contributed by atoms with Crippen LogP contribution in [-0.4, -0.2) is 31.7 Å². The number of halogens is 3. The van der Waals surface area contributed by atoms with Crippen molar-refractivity contribution in [1.82, 2.24) is 4.98 Å². The Morgan fingerprint density at radius 3 is 2.36 bits per heavy atom. The Morgan fingerprint density at radius 1 is 1.06 bits per heavy atom. The monoisotopic (exact) mass is 494 g/mol. The third kappa shape index (κ3) is 5.09. The summed E-state index contributed by atoms with van der Waals surface area (Å²) in [4.78, 5) is 6.11. The number of rotatable bonds is 6. The fraction of sp³-hybridized carbons (Fsp3) is 0.375. The molecule has 0 aliphatic carbocycles. The molecular weight excluding hydrogens is 469 g/mol. The van der Waals surface area contributed by atoms with Crippen molar-refractivity contribution in [2.45, 2.75) is 48.9 Å². The lowest BCUT2D eigenvalue weighted by atomic mass is 10.1. The lowest BCUT2D eigenvalue weighted by molar-refractivity contribution is -0.139. The minimum atomic E-state index is -4.71. The summed E-state index contributed by atoms with van der Waals surface area (Å²) in [5.74, 6) is 0. The molecule has 0 bridgehead atoms. The molecule has 4 rings (SSSR count). The zero-order chi connectivity index (χ0) is 23.6. The van der Waals surface area contributed by atoms with E-state index in [0.717, 1.165) is 41.4 Å². The quantitative estimate of drug-likeness (QED) is 0.408. The zero-order valence-electron chi connectivity index (χ0n) is 18.2. The molecule has 33 heavy (non-hydrogen) atoms. The van der Waals surface area contributed by atoms with Crippen LogP contribution in [-0.2, 0) is 22.4 Å². The van der Waals surface area contributed by atoms with Gasteiger partial charge in [-0.1, -0.05) is 49.7 Å². The van der Waals surface area contributed by atoms with E-state index in [1.54, 1.807) is 0 Å². The number of hydrogen-bond acceptors (Lipinski definition) is 5. The number of benzene rings is 2. The Balaban J connectivity index is 1.46. The molecule has 2 heterocycles. The van der Waals surface area contributed by atoms with Crippen molar-refractivity contribution in [3.05, 3.63) is 65.0 Å². The van der Waals surface area contributed by atoms with Gasteiger partial charge in [0.2, 0.25) is 0 Å². The number of aryl methyl sites for hydroxylation is 1. The highest BCUT2D eigenvalue weighted by atomic mass is 32.2. The molecule has 0 N–H and O–H groups in total. The maximum absolute atomic E-state index is 13.4. The third-order valence-corrected chi connectivity index (χ3v) is 9.15. The summed E-state index contributed by atoms with van der Waals surface area (Å²) in [6.45, 7) is 3.01. The van der Waals surface area contributed by atoms with Crippen molar-refractivity contribution in [2.24, 2.45) is 0 Å². The van der Waals surface area contributed by atoms with Crippen LogP contribution in [0.5, 0.6) is 0 Å². The van der Waals surface area contributed by atoms with Crippen molar-refractivity contribution in [3.63, 3.8) is 0 Å². The molecule has 0 unspecified atom stereocenters. The SMILES string of the molecule is CCCc1ccc(-c2csc(N3CCC(S(=O)(=O)c4ccccc4C(F)(F)F)CC3)n2)cc1. The number of piperidine rings is 1. The summed E-state index contributed by atoms with van der Waals surface area (Å²) >= 11 is 1.49. The first-order chi connectivity index (χ1) is 15.7. The smallest absolute Gasteiger partial charge is 0.348 e. The second-order valence-electron chi connectivity index (χ2n) is 8.19. The normalized spacial score (nSPS) is 15.7. The van der Waals surface area contributed by atoms with E-state index >= 15 is 0 Å². The molecule has 1 aliphatic rings. The molecule has 1 aliphatic heterocycles. The van der Waals surface area contributed by atoms with Gasteiger partial charge in [-0.15, -0.1) is 11.3 Å². The lowest BCUT2D eigenvalue weighted by Crippen LogP contribution is -2.39. The maximum Gasteiger partial charge on any atom is 0.417 e. The zero-order valence-corrected chi connectivity index (χ0v) is 19.8. The van der Waals surface area contributed by atoms with Crippen LogP contribution in [0.25, 0.3) is 11.3 Å². The van der Waals surface area contributed by atoms with Gasteiger partial charge in [0.15, 0.2) is 15.0 Å². The second-order valence-corrected chi connectivity index (χ2v) is 11.2. The van der Waals surface area contributed by atoms with E-state index in [0.29, 0.717) is 13.1 Å².